The minimum atomic E-state index is -1.44. The molecule has 0 unspecified atom stereocenters. The Morgan fingerprint density at radius 1 is 0.971 bits per heavy atom. The number of ether oxygens (including phenoxy) is 1. The first-order valence-corrected chi connectivity index (χ1v) is 12.5. The van der Waals surface area contributed by atoms with Crippen molar-refractivity contribution >= 4 is 12.0 Å². The molecule has 0 heterocycles. The van der Waals surface area contributed by atoms with Gasteiger partial charge < -0.3 is 35.6 Å². The van der Waals surface area contributed by atoms with Gasteiger partial charge in [0.1, 0.15) is 18.3 Å². The first-order valence-electron chi connectivity index (χ1n) is 12.5. The van der Waals surface area contributed by atoms with Crippen molar-refractivity contribution in [2.24, 2.45) is 0 Å². The predicted molar refractivity (Wildman–Crippen MR) is 132 cm³/mol. The molecule has 194 valence electrons. The van der Waals surface area contributed by atoms with E-state index < -0.39 is 30.9 Å². The summed E-state index contributed by atoms with van der Waals surface area (Å²) in [4.78, 5) is 12.2. The molecule has 6 N–H and O–H groups in total. The van der Waals surface area contributed by atoms with E-state index in [0.717, 1.165) is 18.9 Å². The smallest absolute Gasteiger partial charge is 0.331 e. The summed E-state index contributed by atoms with van der Waals surface area (Å²) < 4.78 is 5.29. The van der Waals surface area contributed by atoms with Gasteiger partial charge in [-0.1, -0.05) is 70.8 Å². The maximum Gasteiger partial charge on any atom is 0.331 e. The van der Waals surface area contributed by atoms with E-state index in [1.807, 2.05) is 0 Å². The third-order valence-electron chi connectivity index (χ3n) is 5.69. The van der Waals surface area contributed by atoms with Crippen molar-refractivity contribution in [3.05, 3.63) is 29.8 Å². The number of aliphatic hydroxyl groups is 3. The number of phenolic OH excluding ortho intramolecular Hbond substituents is 2. The zero-order valence-electron chi connectivity index (χ0n) is 20.4. The van der Waals surface area contributed by atoms with E-state index >= 15 is 0 Å². The molecule has 1 rings (SSSR count). The summed E-state index contributed by atoms with van der Waals surface area (Å²) in [5, 5.41) is 51.2. The number of aliphatic hydroxyl groups excluding tert-OH is 3. The summed E-state index contributed by atoms with van der Waals surface area (Å²) in [6, 6.07) is 4.09. The Labute approximate surface area is 203 Å². The maximum absolute atomic E-state index is 12.2. The molecule has 0 amide bonds. The molecule has 0 aromatic heterocycles. The maximum atomic E-state index is 12.2. The van der Waals surface area contributed by atoms with Gasteiger partial charge in [-0.25, -0.2) is 4.79 Å². The Hall–Kier alpha value is -2.13. The van der Waals surface area contributed by atoms with Crippen LogP contribution >= 0.6 is 0 Å². The monoisotopic (exact) mass is 481 g/mol. The SMILES string of the molecule is CCCCCCCCCCCCNC[C@H](OC(=O)C=Cc1ccc(O)c(O)c1)[C@H](O)[C@H](O)CO. The van der Waals surface area contributed by atoms with Crippen molar-refractivity contribution in [3.63, 3.8) is 0 Å². The number of rotatable bonds is 19. The third-order valence-corrected chi connectivity index (χ3v) is 5.69. The van der Waals surface area contributed by atoms with Gasteiger partial charge in [-0.15, -0.1) is 0 Å². The molecule has 1 aromatic rings. The van der Waals surface area contributed by atoms with Crippen molar-refractivity contribution in [2.45, 2.75) is 89.4 Å². The van der Waals surface area contributed by atoms with Gasteiger partial charge in [0.05, 0.1) is 6.61 Å². The van der Waals surface area contributed by atoms with Crippen LogP contribution in [0.3, 0.4) is 0 Å². The van der Waals surface area contributed by atoms with Crippen LogP contribution in [0.2, 0.25) is 0 Å². The molecule has 0 fully saturated rings. The number of benzene rings is 1. The van der Waals surface area contributed by atoms with Crippen LogP contribution in [0.5, 0.6) is 11.5 Å². The number of phenols is 2. The van der Waals surface area contributed by atoms with Crippen molar-refractivity contribution < 1.29 is 35.1 Å². The van der Waals surface area contributed by atoms with Crippen molar-refractivity contribution in [1.82, 2.24) is 5.32 Å². The van der Waals surface area contributed by atoms with Gasteiger partial charge in [-0.2, -0.15) is 0 Å². The van der Waals surface area contributed by atoms with E-state index in [9.17, 15) is 25.2 Å². The highest BCUT2D eigenvalue weighted by molar-refractivity contribution is 5.87. The highest BCUT2D eigenvalue weighted by atomic mass is 16.6. The highest BCUT2D eigenvalue weighted by Gasteiger charge is 2.28. The van der Waals surface area contributed by atoms with E-state index in [1.54, 1.807) is 0 Å². The summed E-state index contributed by atoms with van der Waals surface area (Å²) in [7, 11) is 0. The van der Waals surface area contributed by atoms with Crippen LogP contribution in [0.4, 0.5) is 0 Å². The number of carbonyl (C=O) groups excluding carboxylic acids is 1. The molecule has 0 spiro atoms. The Bertz CT molecular complexity index is 710. The van der Waals surface area contributed by atoms with Gasteiger partial charge in [0.25, 0.3) is 0 Å². The summed E-state index contributed by atoms with van der Waals surface area (Å²) >= 11 is 0. The Morgan fingerprint density at radius 2 is 1.59 bits per heavy atom. The first kappa shape index (κ1) is 29.9. The zero-order chi connectivity index (χ0) is 25.2. The molecule has 0 saturated heterocycles. The topological polar surface area (TPSA) is 139 Å². The Balaban J connectivity index is 2.37. The number of hydrogen-bond donors (Lipinski definition) is 6. The summed E-state index contributed by atoms with van der Waals surface area (Å²) in [6.07, 6.45) is 10.9. The van der Waals surface area contributed by atoms with Crippen LogP contribution in [0, 0.1) is 0 Å². The number of nitrogens with one attached hydrogen (secondary N) is 1. The van der Waals surface area contributed by atoms with E-state index in [0.29, 0.717) is 12.1 Å². The van der Waals surface area contributed by atoms with Gasteiger partial charge in [-0.05, 0) is 36.7 Å². The number of aromatic hydroxyl groups is 2. The molecule has 0 aliphatic heterocycles. The minimum Gasteiger partial charge on any atom is -0.504 e. The standard InChI is InChI=1S/C26H43NO7/c1-2-3-4-5-6-7-8-9-10-11-16-27-18-24(26(33)23(31)19-28)34-25(32)15-13-20-12-14-21(29)22(30)17-20/h12-15,17,23-24,26-31,33H,2-11,16,18-19H2,1H3/t23-,24+,26-/m1/s1. The lowest BCUT2D eigenvalue weighted by Crippen LogP contribution is -2.47. The third kappa shape index (κ3) is 12.9. The van der Waals surface area contributed by atoms with Crippen LogP contribution in [-0.4, -0.2) is 69.5 Å². The second-order valence-corrected chi connectivity index (χ2v) is 8.68. The van der Waals surface area contributed by atoms with Crippen LogP contribution in [0.1, 0.15) is 76.7 Å². The molecular formula is C26H43NO7. The summed E-state index contributed by atoms with van der Waals surface area (Å²) in [5.41, 5.74) is 0.471. The molecule has 34 heavy (non-hydrogen) atoms. The summed E-state index contributed by atoms with van der Waals surface area (Å²) in [5.74, 6) is -1.33. The van der Waals surface area contributed by atoms with E-state index in [-0.39, 0.29) is 18.0 Å². The van der Waals surface area contributed by atoms with Crippen LogP contribution in [0.15, 0.2) is 24.3 Å². The van der Waals surface area contributed by atoms with E-state index in [2.05, 4.69) is 12.2 Å². The highest BCUT2D eigenvalue weighted by Crippen LogP contribution is 2.25. The Kier molecular flexibility index (Phi) is 16.0. The normalized spacial score (nSPS) is 14.2. The quantitative estimate of drug-likeness (QED) is 0.0766. The number of esters is 1. The van der Waals surface area contributed by atoms with Gasteiger partial charge in [0.15, 0.2) is 11.5 Å². The predicted octanol–water partition coefficient (Wildman–Crippen LogP) is 3.25. The fourth-order valence-electron chi connectivity index (χ4n) is 3.57. The largest absolute Gasteiger partial charge is 0.504 e. The molecule has 0 saturated carbocycles. The molecule has 3 atom stereocenters. The molecule has 0 radical (unpaired) electrons. The molecule has 8 heteroatoms. The van der Waals surface area contributed by atoms with Gasteiger partial charge >= 0.3 is 5.97 Å². The average molecular weight is 482 g/mol. The minimum absolute atomic E-state index is 0.134. The summed E-state index contributed by atoms with van der Waals surface area (Å²) in [6.45, 7) is 2.39. The number of carbonyl (C=O) groups is 1. The lowest BCUT2D eigenvalue weighted by Gasteiger charge is -2.25. The van der Waals surface area contributed by atoms with E-state index in [4.69, 9.17) is 9.84 Å². The van der Waals surface area contributed by atoms with Gasteiger partial charge in [-0.3, -0.25) is 0 Å². The second kappa shape index (κ2) is 18.2. The zero-order valence-corrected chi connectivity index (χ0v) is 20.4. The molecule has 1 aromatic carbocycles. The van der Waals surface area contributed by atoms with Crippen LogP contribution in [-0.2, 0) is 9.53 Å². The molecule has 0 bridgehead atoms. The molecule has 8 nitrogen and oxygen atoms in total. The number of hydrogen-bond acceptors (Lipinski definition) is 8. The second-order valence-electron chi connectivity index (χ2n) is 8.68. The van der Waals surface area contributed by atoms with E-state index in [1.165, 1.54) is 75.6 Å². The fourth-order valence-corrected chi connectivity index (χ4v) is 3.57. The molecular weight excluding hydrogens is 438 g/mol. The number of unbranched alkanes of at least 4 members (excludes halogenated alkanes) is 9. The average Bonchev–Trinajstić information content (AvgIpc) is 2.83. The van der Waals surface area contributed by atoms with Crippen LogP contribution < -0.4 is 5.32 Å². The van der Waals surface area contributed by atoms with Crippen molar-refractivity contribution in [3.8, 4) is 11.5 Å². The van der Waals surface area contributed by atoms with Crippen molar-refractivity contribution in [2.75, 3.05) is 19.7 Å². The van der Waals surface area contributed by atoms with Crippen molar-refractivity contribution in [1.29, 1.82) is 0 Å². The van der Waals surface area contributed by atoms with Gasteiger partial charge in [0, 0.05) is 12.6 Å². The lowest BCUT2D eigenvalue weighted by molar-refractivity contribution is -0.155. The van der Waals surface area contributed by atoms with Crippen LogP contribution in [0.25, 0.3) is 6.08 Å². The first-order chi connectivity index (χ1) is 16.4. The Morgan fingerprint density at radius 3 is 2.18 bits per heavy atom. The molecule has 0 aliphatic rings. The molecule has 0 aliphatic carbocycles. The fraction of sp³-hybridized carbons (Fsp3) is 0.654. The lowest BCUT2D eigenvalue weighted by atomic mass is 10.1. The van der Waals surface area contributed by atoms with Gasteiger partial charge in [0.2, 0.25) is 0 Å².